The Morgan fingerprint density at radius 1 is 1.32 bits per heavy atom. The molecule has 6 heteroatoms. The molecule has 0 aliphatic carbocycles. The predicted molar refractivity (Wildman–Crippen MR) is 80.1 cm³/mol. The minimum atomic E-state index is -0.409. The number of ether oxygens (including phenoxy) is 2. The maximum absolute atomic E-state index is 12.1. The average Bonchev–Trinajstić information content (AvgIpc) is 2.98. The first-order chi connectivity index (χ1) is 10.7. The van der Waals surface area contributed by atoms with Crippen molar-refractivity contribution in [2.45, 2.75) is 18.6 Å². The van der Waals surface area contributed by atoms with Gasteiger partial charge in [0.1, 0.15) is 0 Å². The highest BCUT2D eigenvalue weighted by Crippen LogP contribution is 2.31. The van der Waals surface area contributed by atoms with Crippen LogP contribution in [0.1, 0.15) is 18.4 Å². The summed E-state index contributed by atoms with van der Waals surface area (Å²) in [6.45, 7) is 3.23. The number of anilines is 1. The van der Waals surface area contributed by atoms with Crippen LogP contribution in [-0.4, -0.2) is 49.4 Å². The molecule has 0 aromatic heterocycles. The van der Waals surface area contributed by atoms with Crippen molar-refractivity contribution in [1.82, 2.24) is 4.90 Å². The summed E-state index contributed by atoms with van der Waals surface area (Å²) in [5.74, 6) is -0.479. The zero-order chi connectivity index (χ0) is 15.4. The summed E-state index contributed by atoms with van der Waals surface area (Å²) in [4.78, 5) is 14.2. The van der Waals surface area contributed by atoms with Crippen LogP contribution in [-0.2, 0) is 14.3 Å². The first kappa shape index (κ1) is 15.0. The van der Waals surface area contributed by atoms with Gasteiger partial charge in [0.05, 0.1) is 31.4 Å². The zero-order valence-electron chi connectivity index (χ0n) is 12.4. The quantitative estimate of drug-likeness (QED) is 0.912. The van der Waals surface area contributed by atoms with Gasteiger partial charge in [-0.1, -0.05) is 6.07 Å². The lowest BCUT2D eigenvalue weighted by Crippen LogP contribution is -2.47. The van der Waals surface area contributed by atoms with Gasteiger partial charge in [-0.05, 0) is 18.2 Å². The fraction of sp³-hybridized carbons (Fsp3) is 0.500. The smallest absolute Gasteiger partial charge is 0.238 e. The lowest BCUT2D eigenvalue weighted by atomic mass is 10.0. The molecule has 0 bridgehead atoms. The van der Waals surface area contributed by atoms with Gasteiger partial charge in [0, 0.05) is 31.6 Å². The van der Waals surface area contributed by atoms with Crippen molar-refractivity contribution in [3.8, 4) is 6.07 Å². The van der Waals surface area contributed by atoms with Crippen molar-refractivity contribution in [3.63, 3.8) is 0 Å². The predicted octanol–water partition coefficient (Wildman–Crippen LogP) is 1.34. The van der Waals surface area contributed by atoms with Gasteiger partial charge in [-0.15, -0.1) is 0 Å². The van der Waals surface area contributed by atoms with Gasteiger partial charge >= 0.3 is 0 Å². The average molecular weight is 301 g/mol. The Balaban J connectivity index is 1.49. The maximum atomic E-state index is 12.1. The van der Waals surface area contributed by atoms with Crippen LogP contribution in [0.3, 0.4) is 0 Å². The van der Waals surface area contributed by atoms with Crippen LogP contribution in [0.15, 0.2) is 24.3 Å². The molecule has 116 valence electrons. The van der Waals surface area contributed by atoms with Crippen molar-refractivity contribution in [3.05, 3.63) is 29.8 Å². The summed E-state index contributed by atoms with van der Waals surface area (Å²) in [5, 5.41) is 11.7. The van der Waals surface area contributed by atoms with Gasteiger partial charge in [0.25, 0.3) is 0 Å². The number of carbonyl (C=O) groups is 1. The van der Waals surface area contributed by atoms with E-state index in [9.17, 15) is 4.79 Å². The molecule has 0 unspecified atom stereocenters. The van der Waals surface area contributed by atoms with Crippen LogP contribution in [0.5, 0.6) is 0 Å². The third-order valence-corrected chi connectivity index (χ3v) is 4.07. The van der Waals surface area contributed by atoms with E-state index in [2.05, 4.69) is 16.3 Å². The lowest BCUT2D eigenvalue weighted by molar-refractivity contribution is -0.185. The van der Waals surface area contributed by atoms with E-state index in [0.29, 0.717) is 31.0 Å². The fourth-order valence-electron chi connectivity index (χ4n) is 2.91. The van der Waals surface area contributed by atoms with Crippen LogP contribution >= 0.6 is 0 Å². The van der Waals surface area contributed by atoms with E-state index in [1.54, 1.807) is 24.3 Å². The molecule has 2 fully saturated rings. The molecule has 1 aromatic rings. The van der Waals surface area contributed by atoms with Crippen molar-refractivity contribution in [1.29, 1.82) is 5.26 Å². The molecule has 1 spiro atoms. The van der Waals surface area contributed by atoms with Crippen molar-refractivity contribution in [2.24, 2.45) is 0 Å². The molecular weight excluding hydrogens is 282 g/mol. The molecule has 2 heterocycles. The molecule has 1 aromatic carbocycles. The van der Waals surface area contributed by atoms with Crippen LogP contribution in [0.25, 0.3) is 0 Å². The second-order valence-corrected chi connectivity index (χ2v) is 5.62. The van der Waals surface area contributed by atoms with Gasteiger partial charge in [-0.2, -0.15) is 5.26 Å². The number of piperidine rings is 1. The molecule has 2 aliphatic heterocycles. The number of likely N-dealkylation sites (tertiary alicyclic amines) is 1. The molecule has 1 amide bonds. The van der Waals surface area contributed by atoms with Gasteiger partial charge in [-0.25, -0.2) is 0 Å². The summed E-state index contributed by atoms with van der Waals surface area (Å²) in [5.41, 5.74) is 1.19. The van der Waals surface area contributed by atoms with Crippen LogP contribution in [0.4, 0.5) is 5.69 Å². The van der Waals surface area contributed by atoms with Crippen molar-refractivity contribution in [2.75, 3.05) is 38.2 Å². The molecular formula is C16H19N3O3. The number of nitriles is 1. The van der Waals surface area contributed by atoms with Gasteiger partial charge in [0.2, 0.25) is 5.91 Å². The highest BCUT2D eigenvalue weighted by atomic mass is 16.7. The van der Waals surface area contributed by atoms with E-state index in [1.165, 1.54) is 0 Å². The first-order valence-corrected chi connectivity index (χ1v) is 7.49. The first-order valence-electron chi connectivity index (χ1n) is 7.49. The molecule has 0 atom stereocenters. The molecule has 0 saturated carbocycles. The number of hydrogen-bond acceptors (Lipinski definition) is 5. The molecule has 2 aliphatic rings. The molecule has 6 nitrogen and oxygen atoms in total. The molecule has 3 rings (SSSR count). The standard InChI is InChI=1S/C16H19N3O3/c17-11-13-2-1-3-14(10-13)18-15(20)12-19-6-4-16(5-7-19)21-8-9-22-16/h1-3,10H,4-9,12H2,(H,18,20). The number of carbonyl (C=O) groups excluding carboxylic acids is 1. The zero-order valence-corrected chi connectivity index (χ0v) is 12.4. The Bertz CT molecular complexity index is 581. The molecule has 22 heavy (non-hydrogen) atoms. The minimum absolute atomic E-state index is 0.0701. The number of benzene rings is 1. The summed E-state index contributed by atoms with van der Waals surface area (Å²) >= 11 is 0. The second-order valence-electron chi connectivity index (χ2n) is 5.62. The highest BCUT2D eigenvalue weighted by molar-refractivity contribution is 5.92. The molecule has 0 radical (unpaired) electrons. The topological polar surface area (TPSA) is 74.6 Å². The van der Waals surface area contributed by atoms with E-state index in [4.69, 9.17) is 14.7 Å². The number of hydrogen-bond donors (Lipinski definition) is 1. The summed E-state index contributed by atoms with van der Waals surface area (Å²) < 4.78 is 11.4. The number of rotatable bonds is 3. The number of amides is 1. The van der Waals surface area contributed by atoms with Crippen LogP contribution in [0.2, 0.25) is 0 Å². The summed E-state index contributed by atoms with van der Waals surface area (Å²) in [6.07, 6.45) is 1.59. The van der Waals surface area contributed by atoms with E-state index < -0.39 is 5.79 Å². The summed E-state index contributed by atoms with van der Waals surface area (Å²) in [7, 11) is 0. The molecule has 2 saturated heterocycles. The van der Waals surface area contributed by atoms with Crippen LogP contribution in [0, 0.1) is 11.3 Å². The Hall–Kier alpha value is -1.94. The highest BCUT2D eigenvalue weighted by Gasteiger charge is 2.39. The molecule has 1 N–H and O–H groups in total. The van der Waals surface area contributed by atoms with E-state index >= 15 is 0 Å². The monoisotopic (exact) mass is 301 g/mol. The van der Waals surface area contributed by atoms with Crippen LogP contribution < -0.4 is 5.32 Å². The van der Waals surface area contributed by atoms with E-state index in [1.807, 2.05) is 0 Å². The van der Waals surface area contributed by atoms with Gasteiger partial charge in [-0.3, -0.25) is 9.69 Å². The normalized spacial score (nSPS) is 20.7. The van der Waals surface area contributed by atoms with E-state index in [-0.39, 0.29) is 5.91 Å². The third kappa shape index (κ3) is 3.45. The maximum Gasteiger partial charge on any atom is 0.238 e. The summed E-state index contributed by atoms with van der Waals surface area (Å²) in [6, 6.07) is 8.98. The Kier molecular flexibility index (Phi) is 4.39. The SMILES string of the molecule is N#Cc1cccc(NC(=O)CN2CCC3(CC2)OCCO3)c1. The Morgan fingerprint density at radius 2 is 2.05 bits per heavy atom. The minimum Gasteiger partial charge on any atom is -0.347 e. The third-order valence-electron chi connectivity index (χ3n) is 4.07. The number of nitrogens with one attached hydrogen (secondary N) is 1. The second kappa shape index (κ2) is 6.44. The van der Waals surface area contributed by atoms with Gasteiger partial charge < -0.3 is 14.8 Å². The largest absolute Gasteiger partial charge is 0.347 e. The van der Waals surface area contributed by atoms with Crippen molar-refractivity contribution >= 4 is 11.6 Å². The fourth-order valence-corrected chi connectivity index (χ4v) is 2.91. The van der Waals surface area contributed by atoms with Crippen molar-refractivity contribution < 1.29 is 14.3 Å². The van der Waals surface area contributed by atoms with Gasteiger partial charge in [0.15, 0.2) is 5.79 Å². The van der Waals surface area contributed by atoms with E-state index in [0.717, 1.165) is 25.9 Å². The number of nitrogens with zero attached hydrogens (tertiary/aromatic N) is 2. The Morgan fingerprint density at radius 3 is 2.73 bits per heavy atom. The lowest BCUT2D eigenvalue weighted by Gasteiger charge is -2.37. The Labute approximate surface area is 129 Å².